The van der Waals surface area contributed by atoms with E-state index in [9.17, 15) is 15.0 Å². The molecule has 0 amide bonds. The van der Waals surface area contributed by atoms with Crippen molar-refractivity contribution in [1.29, 1.82) is 0 Å². The van der Waals surface area contributed by atoms with Crippen molar-refractivity contribution in [1.82, 2.24) is 9.88 Å². The number of hydrogen-bond donors (Lipinski definition) is 2. The van der Waals surface area contributed by atoms with Crippen LogP contribution in [0.2, 0.25) is 0 Å². The highest BCUT2D eigenvalue weighted by molar-refractivity contribution is 7.12. The molecule has 3 rings (SSSR count). The van der Waals surface area contributed by atoms with Gasteiger partial charge in [0.15, 0.2) is 5.78 Å². The summed E-state index contributed by atoms with van der Waals surface area (Å²) in [5, 5.41) is 21.7. The quantitative estimate of drug-likeness (QED) is 0.815. The maximum Gasteiger partial charge on any atom is 0.177 e. The van der Waals surface area contributed by atoms with Crippen LogP contribution in [-0.2, 0) is 13.2 Å². The number of rotatable bonds is 5. The van der Waals surface area contributed by atoms with E-state index in [0.29, 0.717) is 29.9 Å². The second kappa shape index (κ2) is 7.42. The second-order valence-electron chi connectivity index (χ2n) is 6.27. The zero-order valence-electron chi connectivity index (χ0n) is 13.7. The minimum absolute atomic E-state index is 0.0000496. The number of ketones is 1. The van der Waals surface area contributed by atoms with Crippen LogP contribution in [0.1, 0.15) is 39.3 Å². The first kappa shape index (κ1) is 17.1. The number of nitrogens with zero attached hydrogens (tertiary/aromatic N) is 2. The van der Waals surface area contributed by atoms with Gasteiger partial charge < -0.3 is 10.2 Å². The van der Waals surface area contributed by atoms with Crippen LogP contribution in [0, 0.1) is 12.8 Å². The van der Waals surface area contributed by atoms with Crippen LogP contribution in [0.15, 0.2) is 23.7 Å². The van der Waals surface area contributed by atoms with E-state index in [2.05, 4.69) is 9.88 Å². The molecule has 0 bridgehead atoms. The van der Waals surface area contributed by atoms with Gasteiger partial charge in [0.25, 0.3) is 0 Å². The molecule has 1 aliphatic rings. The van der Waals surface area contributed by atoms with Crippen molar-refractivity contribution in [3.63, 3.8) is 0 Å². The molecule has 1 saturated heterocycles. The first-order chi connectivity index (χ1) is 11.6. The average molecular weight is 346 g/mol. The summed E-state index contributed by atoms with van der Waals surface area (Å²) < 4.78 is 0. The van der Waals surface area contributed by atoms with E-state index in [4.69, 9.17) is 0 Å². The number of aliphatic hydroxyl groups is 1. The number of piperidine rings is 1. The van der Waals surface area contributed by atoms with Crippen molar-refractivity contribution >= 4 is 17.1 Å². The average Bonchev–Trinajstić information content (AvgIpc) is 3.13. The fourth-order valence-electron chi connectivity index (χ4n) is 3.25. The summed E-state index contributed by atoms with van der Waals surface area (Å²) in [7, 11) is 0. The topological polar surface area (TPSA) is 73.7 Å². The number of aryl methyl sites for hydroxylation is 1. The molecule has 0 aromatic carbocycles. The molecule has 24 heavy (non-hydrogen) atoms. The van der Waals surface area contributed by atoms with Crippen LogP contribution in [0.25, 0.3) is 0 Å². The minimum Gasteiger partial charge on any atom is -0.506 e. The van der Waals surface area contributed by atoms with Gasteiger partial charge in [0.2, 0.25) is 0 Å². The van der Waals surface area contributed by atoms with Gasteiger partial charge in [-0.3, -0.25) is 14.7 Å². The summed E-state index contributed by atoms with van der Waals surface area (Å²) in [5.41, 5.74) is 1.92. The molecule has 1 aliphatic heterocycles. The van der Waals surface area contributed by atoms with Crippen LogP contribution < -0.4 is 0 Å². The number of aliphatic hydroxyl groups excluding tert-OH is 1. The number of carbonyl (C=O) groups is 1. The normalized spacial score (nSPS) is 18.7. The molecule has 0 saturated carbocycles. The Kier molecular flexibility index (Phi) is 5.28. The Morgan fingerprint density at radius 2 is 2.33 bits per heavy atom. The fraction of sp³-hybridized carbons (Fsp3) is 0.444. The summed E-state index contributed by atoms with van der Waals surface area (Å²) in [4.78, 5) is 19.7. The molecule has 128 valence electrons. The summed E-state index contributed by atoms with van der Waals surface area (Å²) >= 11 is 1.49. The Labute approximate surface area is 145 Å². The zero-order chi connectivity index (χ0) is 17.1. The van der Waals surface area contributed by atoms with Gasteiger partial charge in [0.1, 0.15) is 5.75 Å². The molecular weight excluding hydrogens is 324 g/mol. The molecule has 0 radical (unpaired) electrons. The number of aromatic nitrogens is 1. The first-order valence-electron chi connectivity index (χ1n) is 8.17. The molecule has 1 fully saturated rings. The van der Waals surface area contributed by atoms with Gasteiger partial charge in [0.05, 0.1) is 17.2 Å². The summed E-state index contributed by atoms with van der Waals surface area (Å²) in [6.07, 6.45) is 3.48. The Morgan fingerprint density at radius 1 is 1.50 bits per heavy atom. The second-order valence-corrected chi connectivity index (χ2v) is 7.22. The van der Waals surface area contributed by atoms with Gasteiger partial charge in [-0.05, 0) is 37.8 Å². The van der Waals surface area contributed by atoms with Gasteiger partial charge in [-0.25, -0.2) is 0 Å². The number of hydrogen-bond acceptors (Lipinski definition) is 6. The van der Waals surface area contributed by atoms with Crippen LogP contribution in [-0.4, -0.2) is 39.0 Å². The van der Waals surface area contributed by atoms with Gasteiger partial charge in [0, 0.05) is 36.3 Å². The fourth-order valence-corrected chi connectivity index (χ4v) is 4.00. The van der Waals surface area contributed by atoms with Crippen LogP contribution in [0.4, 0.5) is 0 Å². The Hall–Kier alpha value is -1.76. The van der Waals surface area contributed by atoms with Crippen molar-refractivity contribution in [2.75, 3.05) is 13.1 Å². The lowest BCUT2D eigenvalue weighted by atomic mass is 9.92. The minimum atomic E-state index is -0.151. The van der Waals surface area contributed by atoms with Crippen molar-refractivity contribution in [2.24, 2.45) is 5.92 Å². The van der Waals surface area contributed by atoms with Crippen molar-refractivity contribution in [3.8, 4) is 5.75 Å². The number of pyridine rings is 1. The monoisotopic (exact) mass is 346 g/mol. The number of carbonyl (C=O) groups excluding carboxylic acids is 1. The Bertz CT molecular complexity index is 715. The SMILES string of the molecule is Cc1ncc(CO)c(CN2CCCC(C(=O)c3cccs3)C2)c1O. The standard InChI is InChI=1S/C18H22N2O3S/c1-12-17(22)15(14(11-21)8-19-12)10-20-6-2-4-13(9-20)18(23)16-5-3-7-24-16/h3,5,7-8,13,21-22H,2,4,6,9-11H2,1H3. The van der Waals surface area contributed by atoms with Gasteiger partial charge in [-0.2, -0.15) is 0 Å². The van der Waals surface area contributed by atoms with E-state index in [1.807, 2.05) is 17.5 Å². The largest absolute Gasteiger partial charge is 0.506 e. The predicted molar refractivity (Wildman–Crippen MR) is 93.2 cm³/mol. The third-order valence-corrected chi connectivity index (χ3v) is 5.51. The first-order valence-corrected chi connectivity index (χ1v) is 9.05. The molecule has 0 spiro atoms. The lowest BCUT2D eigenvalue weighted by Crippen LogP contribution is -2.38. The van der Waals surface area contributed by atoms with E-state index in [1.165, 1.54) is 11.3 Å². The lowest BCUT2D eigenvalue weighted by molar-refractivity contribution is 0.0814. The number of likely N-dealkylation sites (tertiary alicyclic amines) is 1. The maximum absolute atomic E-state index is 12.6. The highest BCUT2D eigenvalue weighted by Crippen LogP contribution is 2.29. The van der Waals surface area contributed by atoms with Crippen LogP contribution >= 0.6 is 11.3 Å². The molecule has 3 heterocycles. The smallest absolute Gasteiger partial charge is 0.177 e. The number of Topliss-reactive ketones (excluding diaryl/α,β-unsaturated/α-hetero) is 1. The van der Waals surface area contributed by atoms with Gasteiger partial charge >= 0.3 is 0 Å². The van der Waals surface area contributed by atoms with E-state index in [0.717, 1.165) is 24.3 Å². The molecule has 2 aromatic rings. The van der Waals surface area contributed by atoms with Crippen molar-refractivity contribution < 1.29 is 15.0 Å². The number of thiophene rings is 1. The zero-order valence-corrected chi connectivity index (χ0v) is 14.6. The van der Waals surface area contributed by atoms with E-state index in [1.54, 1.807) is 13.1 Å². The molecular formula is C18H22N2O3S. The molecule has 2 aromatic heterocycles. The predicted octanol–water partition coefficient (Wildman–Crippen LogP) is 2.74. The molecule has 6 heteroatoms. The van der Waals surface area contributed by atoms with Crippen molar-refractivity contribution in [3.05, 3.63) is 45.4 Å². The summed E-state index contributed by atoms with van der Waals surface area (Å²) in [6, 6.07) is 3.79. The molecule has 0 aliphatic carbocycles. The van der Waals surface area contributed by atoms with Crippen LogP contribution in [0.3, 0.4) is 0 Å². The van der Waals surface area contributed by atoms with E-state index < -0.39 is 0 Å². The third-order valence-electron chi connectivity index (χ3n) is 4.62. The van der Waals surface area contributed by atoms with Crippen molar-refractivity contribution in [2.45, 2.75) is 32.9 Å². The van der Waals surface area contributed by atoms with Gasteiger partial charge in [-0.15, -0.1) is 11.3 Å². The highest BCUT2D eigenvalue weighted by atomic mass is 32.1. The lowest BCUT2D eigenvalue weighted by Gasteiger charge is -2.32. The summed E-state index contributed by atoms with van der Waals surface area (Å²) in [5.74, 6) is 0.362. The van der Waals surface area contributed by atoms with E-state index in [-0.39, 0.29) is 24.1 Å². The number of aromatic hydroxyl groups is 1. The van der Waals surface area contributed by atoms with Crippen LogP contribution in [0.5, 0.6) is 5.75 Å². The maximum atomic E-state index is 12.6. The third kappa shape index (κ3) is 3.50. The molecule has 1 unspecified atom stereocenters. The van der Waals surface area contributed by atoms with E-state index >= 15 is 0 Å². The Morgan fingerprint density at radius 3 is 3.04 bits per heavy atom. The summed E-state index contributed by atoms with van der Waals surface area (Å²) in [6.45, 7) is 3.70. The molecule has 2 N–H and O–H groups in total. The Balaban J connectivity index is 1.74. The molecule has 1 atom stereocenters. The molecule has 5 nitrogen and oxygen atoms in total. The van der Waals surface area contributed by atoms with Gasteiger partial charge in [-0.1, -0.05) is 6.07 Å². The highest BCUT2D eigenvalue weighted by Gasteiger charge is 2.28.